The van der Waals surface area contributed by atoms with Crippen LogP contribution in [-0.4, -0.2) is 20.7 Å². The number of hydrogen-bond donors (Lipinski definition) is 1. The molecule has 0 saturated carbocycles. The number of carbonyl (C=O) groups excluding carboxylic acids is 1. The smallest absolute Gasteiger partial charge is 0.277 e. The van der Waals surface area contributed by atoms with E-state index >= 15 is 0 Å². The lowest BCUT2D eigenvalue weighted by atomic mass is 10.2. The molecule has 2 aromatic carbocycles. The van der Waals surface area contributed by atoms with E-state index in [9.17, 15) is 14.0 Å². The van der Waals surface area contributed by atoms with Gasteiger partial charge in [0.05, 0.1) is 11.4 Å². The van der Waals surface area contributed by atoms with Crippen molar-refractivity contribution in [3.8, 4) is 16.9 Å². The minimum Gasteiger partial charge on any atom is -0.296 e. The van der Waals surface area contributed by atoms with Gasteiger partial charge in [-0.05, 0) is 42.5 Å². The van der Waals surface area contributed by atoms with E-state index in [4.69, 9.17) is 11.6 Å². The Hall–Kier alpha value is -3.36. The average Bonchev–Trinajstić information content (AvgIpc) is 3.18. The molecular weight excluding hydrogens is 415 g/mol. The molecule has 4 rings (SSSR count). The predicted molar refractivity (Wildman–Crippen MR) is 110 cm³/mol. The highest BCUT2D eigenvalue weighted by Gasteiger charge is 2.13. The van der Waals surface area contributed by atoms with E-state index in [1.165, 1.54) is 47.7 Å². The largest absolute Gasteiger partial charge is 0.296 e. The number of rotatable bonds is 4. The highest BCUT2D eigenvalue weighted by molar-refractivity contribution is 7.14. The lowest BCUT2D eigenvalue weighted by Gasteiger charge is -2.06. The van der Waals surface area contributed by atoms with Crippen molar-refractivity contribution in [2.24, 2.45) is 0 Å². The summed E-state index contributed by atoms with van der Waals surface area (Å²) in [6, 6.07) is 15.0. The van der Waals surface area contributed by atoms with Crippen LogP contribution in [0.5, 0.6) is 0 Å². The Morgan fingerprint density at radius 1 is 1.03 bits per heavy atom. The first kappa shape index (κ1) is 19.0. The van der Waals surface area contributed by atoms with Gasteiger partial charge < -0.3 is 0 Å². The number of thiazole rings is 1. The molecule has 9 heteroatoms. The Labute approximate surface area is 173 Å². The summed E-state index contributed by atoms with van der Waals surface area (Å²) < 4.78 is 14.1. The first-order valence-electron chi connectivity index (χ1n) is 8.39. The summed E-state index contributed by atoms with van der Waals surface area (Å²) >= 11 is 7.16. The maximum absolute atomic E-state index is 13.1. The molecule has 0 spiro atoms. The molecule has 0 aliphatic heterocycles. The highest BCUT2D eigenvalue weighted by Crippen LogP contribution is 2.26. The van der Waals surface area contributed by atoms with Crippen LogP contribution in [0.2, 0.25) is 5.02 Å². The van der Waals surface area contributed by atoms with Crippen LogP contribution >= 0.6 is 22.9 Å². The van der Waals surface area contributed by atoms with Crippen molar-refractivity contribution in [2.45, 2.75) is 0 Å². The molecule has 6 nitrogen and oxygen atoms in total. The third-order valence-electron chi connectivity index (χ3n) is 3.97. The van der Waals surface area contributed by atoms with Crippen molar-refractivity contribution in [3.05, 3.63) is 92.9 Å². The van der Waals surface area contributed by atoms with Crippen molar-refractivity contribution < 1.29 is 9.18 Å². The SMILES string of the molecule is O=C(Nc1nc(-c2ccc(Cl)cc2)cs1)c1ccc(=O)n(-c2ccc(F)cc2)n1. The van der Waals surface area contributed by atoms with Crippen LogP contribution in [0.15, 0.2) is 70.8 Å². The van der Waals surface area contributed by atoms with Gasteiger partial charge in [-0.2, -0.15) is 9.78 Å². The van der Waals surface area contributed by atoms with Gasteiger partial charge in [0.2, 0.25) is 0 Å². The summed E-state index contributed by atoms with van der Waals surface area (Å²) in [5, 5.41) is 9.57. The Morgan fingerprint density at radius 3 is 2.48 bits per heavy atom. The van der Waals surface area contributed by atoms with Gasteiger partial charge in [0.25, 0.3) is 11.5 Å². The standard InChI is InChI=1S/C20H12ClFN4O2S/c21-13-3-1-12(2-4-13)17-11-29-20(23-17)24-19(28)16-9-10-18(27)26(25-16)15-7-5-14(22)6-8-15/h1-11H,(H,23,24,28). The van der Waals surface area contributed by atoms with Gasteiger partial charge in [-0.3, -0.25) is 14.9 Å². The van der Waals surface area contributed by atoms with Crippen molar-refractivity contribution in [1.29, 1.82) is 0 Å². The molecular formula is C20H12ClFN4O2S. The van der Waals surface area contributed by atoms with Crippen LogP contribution in [0.3, 0.4) is 0 Å². The van der Waals surface area contributed by atoms with E-state index in [1.54, 1.807) is 12.1 Å². The second-order valence-corrected chi connectivity index (χ2v) is 7.24. The Bertz CT molecular complexity index is 1240. The topological polar surface area (TPSA) is 76.9 Å². The first-order chi connectivity index (χ1) is 14.0. The molecule has 0 radical (unpaired) electrons. The Balaban J connectivity index is 1.56. The summed E-state index contributed by atoms with van der Waals surface area (Å²) in [4.78, 5) is 29.0. The van der Waals surface area contributed by atoms with E-state index in [0.29, 0.717) is 21.5 Å². The number of aromatic nitrogens is 3. The lowest BCUT2D eigenvalue weighted by molar-refractivity contribution is 0.102. The molecule has 0 aliphatic carbocycles. The maximum atomic E-state index is 13.1. The average molecular weight is 427 g/mol. The van der Waals surface area contributed by atoms with Gasteiger partial charge in [0.1, 0.15) is 11.5 Å². The lowest BCUT2D eigenvalue weighted by Crippen LogP contribution is -2.24. The van der Waals surface area contributed by atoms with Gasteiger partial charge in [-0.25, -0.2) is 9.37 Å². The van der Waals surface area contributed by atoms with Crippen LogP contribution < -0.4 is 10.9 Å². The van der Waals surface area contributed by atoms with Crippen LogP contribution in [0, 0.1) is 5.82 Å². The van der Waals surface area contributed by atoms with Gasteiger partial charge >= 0.3 is 0 Å². The number of anilines is 1. The molecule has 0 atom stereocenters. The van der Waals surface area contributed by atoms with E-state index in [2.05, 4.69) is 15.4 Å². The summed E-state index contributed by atoms with van der Waals surface area (Å²) in [5.41, 5.74) is 1.51. The fourth-order valence-corrected chi connectivity index (χ4v) is 3.39. The monoisotopic (exact) mass is 426 g/mol. The molecule has 29 heavy (non-hydrogen) atoms. The van der Waals surface area contributed by atoms with Crippen molar-refractivity contribution in [1.82, 2.24) is 14.8 Å². The molecule has 0 fully saturated rings. The molecule has 2 aromatic heterocycles. The number of carbonyl (C=O) groups is 1. The van der Waals surface area contributed by atoms with Crippen LogP contribution in [-0.2, 0) is 0 Å². The molecule has 1 N–H and O–H groups in total. The summed E-state index contributed by atoms with van der Waals surface area (Å²) in [5.74, 6) is -0.950. The molecule has 0 saturated heterocycles. The fourth-order valence-electron chi connectivity index (χ4n) is 2.55. The molecule has 0 aliphatic rings. The highest BCUT2D eigenvalue weighted by atomic mass is 35.5. The molecule has 144 valence electrons. The molecule has 2 heterocycles. The van der Waals surface area contributed by atoms with Gasteiger partial charge in [-0.15, -0.1) is 11.3 Å². The minimum atomic E-state index is -0.516. The number of benzene rings is 2. The molecule has 0 unspecified atom stereocenters. The zero-order valence-corrected chi connectivity index (χ0v) is 16.2. The summed E-state index contributed by atoms with van der Waals surface area (Å²) in [6.07, 6.45) is 0. The normalized spacial score (nSPS) is 10.7. The molecule has 4 aromatic rings. The third kappa shape index (κ3) is 4.23. The minimum absolute atomic E-state index is 0.0252. The summed E-state index contributed by atoms with van der Waals surface area (Å²) in [7, 11) is 0. The molecule has 1 amide bonds. The van der Waals surface area contributed by atoms with E-state index < -0.39 is 17.3 Å². The fraction of sp³-hybridized carbons (Fsp3) is 0. The number of nitrogens with one attached hydrogen (secondary N) is 1. The quantitative estimate of drug-likeness (QED) is 0.524. The van der Waals surface area contributed by atoms with E-state index in [1.807, 2.05) is 17.5 Å². The number of hydrogen-bond acceptors (Lipinski definition) is 5. The van der Waals surface area contributed by atoms with Crippen LogP contribution in [0.25, 0.3) is 16.9 Å². The van der Waals surface area contributed by atoms with Gasteiger partial charge in [0.15, 0.2) is 5.13 Å². The Morgan fingerprint density at radius 2 is 1.76 bits per heavy atom. The van der Waals surface area contributed by atoms with Gasteiger partial charge in [0, 0.05) is 22.0 Å². The maximum Gasteiger partial charge on any atom is 0.277 e. The molecule has 0 bridgehead atoms. The van der Waals surface area contributed by atoms with Crippen molar-refractivity contribution in [3.63, 3.8) is 0 Å². The number of amides is 1. The van der Waals surface area contributed by atoms with Crippen molar-refractivity contribution >= 4 is 34.0 Å². The first-order valence-corrected chi connectivity index (χ1v) is 9.64. The van der Waals surface area contributed by atoms with Crippen LogP contribution in [0.4, 0.5) is 9.52 Å². The zero-order valence-electron chi connectivity index (χ0n) is 14.7. The van der Waals surface area contributed by atoms with Gasteiger partial charge in [-0.1, -0.05) is 23.7 Å². The number of nitrogens with zero attached hydrogens (tertiary/aromatic N) is 3. The second-order valence-electron chi connectivity index (χ2n) is 5.94. The Kier molecular flexibility index (Phi) is 5.20. The third-order valence-corrected chi connectivity index (χ3v) is 4.98. The summed E-state index contributed by atoms with van der Waals surface area (Å²) in [6.45, 7) is 0. The predicted octanol–water partition coefficient (Wildman–Crippen LogP) is 4.40. The van der Waals surface area contributed by atoms with Crippen LogP contribution in [0.1, 0.15) is 10.5 Å². The number of halogens is 2. The van der Waals surface area contributed by atoms with E-state index in [0.717, 1.165) is 10.2 Å². The van der Waals surface area contributed by atoms with E-state index in [-0.39, 0.29) is 5.69 Å². The second kappa shape index (κ2) is 7.94. The van der Waals surface area contributed by atoms with Crippen molar-refractivity contribution in [2.75, 3.05) is 5.32 Å². The zero-order chi connectivity index (χ0) is 20.4.